The molecule has 0 bridgehead atoms. The molecule has 1 aromatic rings. The molecule has 1 N–H and O–H groups in total. The highest BCUT2D eigenvalue weighted by molar-refractivity contribution is 9.10. The second-order valence-corrected chi connectivity index (χ2v) is 6.19. The van der Waals surface area contributed by atoms with E-state index in [0.29, 0.717) is 10.5 Å². The third kappa shape index (κ3) is 2.80. The smallest absolute Gasteiger partial charge is 0.139 e. The zero-order valence-electron chi connectivity index (χ0n) is 10.4. The number of nitrogens with zero attached hydrogens (tertiary/aromatic N) is 1. The fourth-order valence-corrected chi connectivity index (χ4v) is 2.43. The van der Waals surface area contributed by atoms with Crippen molar-refractivity contribution in [2.24, 2.45) is 0 Å². The van der Waals surface area contributed by atoms with E-state index >= 15 is 0 Å². The average Bonchev–Trinajstić information content (AvgIpc) is 2.26. The van der Waals surface area contributed by atoms with Gasteiger partial charge in [0.15, 0.2) is 0 Å². The van der Waals surface area contributed by atoms with Crippen LogP contribution in [0.2, 0.25) is 0 Å². The molecule has 1 heterocycles. The minimum atomic E-state index is -0.203. The van der Waals surface area contributed by atoms with Gasteiger partial charge >= 0.3 is 0 Å². The van der Waals surface area contributed by atoms with Crippen molar-refractivity contribution in [1.29, 1.82) is 0 Å². The highest BCUT2D eigenvalue weighted by Gasteiger charge is 2.30. The molecule has 2 rings (SSSR count). The van der Waals surface area contributed by atoms with E-state index in [1.54, 1.807) is 12.1 Å². The summed E-state index contributed by atoms with van der Waals surface area (Å²) >= 11 is 3.19. The predicted molar refractivity (Wildman–Crippen MR) is 73.0 cm³/mol. The number of halogens is 2. The molecule has 94 valence electrons. The van der Waals surface area contributed by atoms with E-state index in [0.717, 1.165) is 18.8 Å². The lowest BCUT2D eigenvalue weighted by atomic mass is 9.98. The van der Waals surface area contributed by atoms with Crippen molar-refractivity contribution in [3.63, 3.8) is 0 Å². The molecule has 1 saturated heterocycles. The minimum Gasteiger partial charge on any atom is -0.366 e. The van der Waals surface area contributed by atoms with Crippen molar-refractivity contribution < 1.29 is 4.39 Å². The summed E-state index contributed by atoms with van der Waals surface area (Å²) in [5.74, 6) is -0.203. The van der Waals surface area contributed by atoms with Crippen LogP contribution in [0.15, 0.2) is 22.7 Å². The lowest BCUT2D eigenvalue weighted by Gasteiger charge is -2.44. The standard InChI is InChI=1S/C13H18BrFN2/c1-9-7-16-13(2,3)8-17(9)10-4-5-11(14)12(15)6-10/h4-6,9,16H,7-8H2,1-3H3. The minimum absolute atomic E-state index is 0.0655. The predicted octanol–water partition coefficient (Wildman–Crippen LogP) is 3.16. The largest absolute Gasteiger partial charge is 0.366 e. The van der Waals surface area contributed by atoms with E-state index in [-0.39, 0.29) is 11.4 Å². The highest BCUT2D eigenvalue weighted by atomic mass is 79.9. The number of piperazine rings is 1. The maximum Gasteiger partial charge on any atom is 0.139 e. The Bertz CT molecular complexity index is 420. The van der Waals surface area contributed by atoms with Crippen LogP contribution in [0.25, 0.3) is 0 Å². The summed E-state index contributed by atoms with van der Waals surface area (Å²) in [4.78, 5) is 2.26. The number of hydrogen-bond acceptors (Lipinski definition) is 2. The molecule has 1 aliphatic heterocycles. The van der Waals surface area contributed by atoms with Crippen LogP contribution < -0.4 is 10.2 Å². The van der Waals surface area contributed by atoms with Crippen LogP contribution in [-0.2, 0) is 0 Å². The first-order chi connectivity index (χ1) is 7.89. The van der Waals surface area contributed by atoms with Gasteiger partial charge in [-0.2, -0.15) is 0 Å². The van der Waals surface area contributed by atoms with E-state index in [9.17, 15) is 4.39 Å². The maximum atomic E-state index is 13.6. The van der Waals surface area contributed by atoms with Gasteiger partial charge in [-0.05, 0) is 54.9 Å². The Balaban J connectivity index is 2.28. The molecule has 1 aromatic carbocycles. The number of benzene rings is 1. The van der Waals surface area contributed by atoms with E-state index in [4.69, 9.17) is 0 Å². The van der Waals surface area contributed by atoms with Gasteiger partial charge in [0.25, 0.3) is 0 Å². The van der Waals surface area contributed by atoms with Crippen molar-refractivity contribution >= 4 is 21.6 Å². The molecule has 0 spiro atoms. The van der Waals surface area contributed by atoms with Gasteiger partial charge in [-0.1, -0.05) is 0 Å². The Hall–Kier alpha value is -0.610. The van der Waals surface area contributed by atoms with Gasteiger partial charge in [-0.3, -0.25) is 0 Å². The van der Waals surface area contributed by atoms with Gasteiger partial charge in [-0.25, -0.2) is 4.39 Å². The third-order valence-electron chi connectivity index (χ3n) is 3.21. The van der Waals surface area contributed by atoms with Gasteiger partial charge in [-0.15, -0.1) is 0 Å². The number of nitrogens with one attached hydrogen (secondary N) is 1. The Labute approximate surface area is 110 Å². The summed E-state index contributed by atoms with van der Waals surface area (Å²) < 4.78 is 14.1. The fraction of sp³-hybridized carbons (Fsp3) is 0.538. The molecule has 2 nitrogen and oxygen atoms in total. The first kappa shape index (κ1) is 12.8. The number of anilines is 1. The molecule has 1 fully saturated rings. The molecule has 0 saturated carbocycles. The molecule has 1 aliphatic rings. The summed E-state index contributed by atoms with van der Waals surface area (Å²) in [5.41, 5.74) is 1.02. The van der Waals surface area contributed by atoms with E-state index in [1.165, 1.54) is 0 Å². The van der Waals surface area contributed by atoms with Gasteiger partial charge in [0.1, 0.15) is 5.82 Å². The van der Waals surface area contributed by atoms with E-state index in [2.05, 4.69) is 46.9 Å². The monoisotopic (exact) mass is 300 g/mol. The Kier molecular flexibility index (Phi) is 3.46. The summed E-state index contributed by atoms with van der Waals surface area (Å²) in [6.07, 6.45) is 0. The summed E-state index contributed by atoms with van der Waals surface area (Å²) in [6.45, 7) is 8.30. The zero-order chi connectivity index (χ0) is 12.6. The highest BCUT2D eigenvalue weighted by Crippen LogP contribution is 2.26. The maximum absolute atomic E-state index is 13.6. The Morgan fingerprint density at radius 2 is 2.18 bits per heavy atom. The normalized spacial score (nSPS) is 23.8. The summed E-state index contributed by atoms with van der Waals surface area (Å²) in [6, 6.07) is 5.71. The Morgan fingerprint density at radius 1 is 1.47 bits per heavy atom. The molecule has 17 heavy (non-hydrogen) atoms. The summed E-state index contributed by atoms with van der Waals surface area (Å²) in [7, 11) is 0. The van der Waals surface area contributed by atoms with Gasteiger partial charge in [0, 0.05) is 30.4 Å². The lowest BCUT2D eigenvalue weighted by molar-refractivity contribution is 0.318. The van der Waals surface area contributed by atoms with Crippen LogP contribution in [0.4, 0.5) is 10.1 Å². The van der Waals surface area contributed by atoms with Crippen LogP contribution in [0.1, 0.15) is 20.8 Å². The molecular formula is C13H18BrFN2. The van der Waals surface area contributed by atoms with Crippen LogP contribution in [-0.4, -0.2) is 24.7 Å². The second kappa shape index (κ2) is 4.58. The number of hydrogen-bond donors (Lipinski definition) is 1. The average molecular weight is 301 g/mol. The molecule has 1 unspecified atom stereocenters. The topological polar surface area (TPSA) is 15.3 Å². The van der Waals surface area contributed by atoms with Crippen LogP contribution in [0, 0.1) is 5.82 Å². The van der Waals surface area contributed by atoms with Crippen LogP contribution >= 0.6 is 15.9 Å². The van der Waals surface area contributed by atoms with Crippen molar-refractivity contribution in [3.05, 3.63) is 28.5 Å². The van der Waals surface area contributed by atoms with E-state index < -0.39 is 0 Å². The molecule has 0 amide bonds. The van der Waals surface area contributed by atoms with Crippen molar-refractivity contribution in [2.45, 2.75) is 32.4 Å². The Morgan fingerprint density at radius 3 is 2.82 bits per heavy atom. The molecule has 0 radical (unpaired) electrons. The molecule has 1 atom stereocenters. The molecule has 0 aliphatic carbocycles. The molecule has 0 aromatic heterocycles. The van der Waals surface area contributed by atoms with Crippen LogP contribution in [0.5, 0.6) is 0 Å². The molecular weight excluding hydrogens is 283 g/mol. The second-order valence-electron chi connectivity index (χ2n) is 5.34. The first-order valence-electron chi connectivity index (χ1n) is 5.86. The number of rotatable bonds is 1. The van der Waals surface area contributed by atoms with Crippen molar-refractivity contribution in [2.75, 3.05) is 18.0 Å². The van der Waals surface area contributed by atoms with E-state index in [1.807, 2.05) is 6.07 Å². The third-order valence-corrected chi connectivity index (χ3v) is 3.85. The quantitative estimate of drug-likeness (QED) is 0.857. The fourth-order valence-electron chi connectivity index (χ4n) is 2.18. The first-order valence-corrected chi connectivity index (χ1v) is 6.65. The van der Waals surface area contributed by atoms with Gasteiger partial charge < -0.3 is 10.2 Å². The SMILES string of the molecule is CC1CNC(C)(C)CN1c1ccc(Br)c(F)c1. The van der Waals surface area contributed by atoms with Gasteiger partial charge in [0.2, 0.25) is 0 Å². The van der Waals surface area contributed by atoms with Crippen molar-refractivity contribution in [1.82, 2.24) is 5.32 Å². The molecule has 4 heteroatoms. The zero-order valence-corrected chi connectivity index (χ0v) is 12.0. The van der Waals surface area contributed by atoms with Gasteiger partial charge in [0.05, 0.1) is 4.47 Å². The lowest BCUT2D eigenvalue weighted by Crippen LogP contribution is -2.61. The van der Waals surface area contributed by atoms with Crippen molar-refractivity contribution in [3.8, 4) is 0 Å². The van der Waals surface area contributed by atoms with Crippen LogP contribution in [0.3, 0.4) is 0 Å². The summed E-state index contributed by atoms with van der Waals surface area (Å²) in [5, 5.41) is 3.49.